The van der Waals surface area contributed by atoms with Gasteiger partial charge in [-0.15, -0.1) is 24.0 Å². The monoisotopic (exact) mass is 530 g/mol. The highest BCUT2D eigenvalue weighted by atomic mass is 127. The molecule has 1 rings (SSSR count). The fourth-order valence-electron chi connectivity index (χ4n) is 2.24. The van der Waals surface area contributed by atoms with Crippen LogP contribution in [0.3, 0.4) is 0 Å². The molecule has 166 valence electrons. The molecule has 0 unspecified atom stereocenters. The van der Waals surface area contributed by atoms with Crippen molar-refractivity contribution in [3.05, 3.63) is 29.3 Å². The molecule has 1 aromatic carbocycles. The first-order chi connectivity index (χ1) is 13.2. The largest absolute Gasteiger partial charge is 0.484 e. The normalized spacial score (nSPS) is 11.4. The van der Waals surface area contributed by atoms with Crippen molar-refractivity contribution in [2.24, 2.45) is 4.99 Å². The quantitative estimate of drug-likeness (QED) is 0.246. The van der Waals surface area contributed by atoms with Crippen LogP contribution in [-0.2, 0) is 11.3 Å². The highest BCUT2D eigenvalue weighted by Crippen LogP contribution is 2.24. The molecule has 0 aromatic heterocycles. The van der Waals surface area contributed by atoms with Gasteiger partial charge in [0.1, 0.15) is 5.75 Å². The summed E-state index contributed by atoms with van der Waals surface area (Å²) in [6.45, 7) is 6.10. The van der Waals surface area contributed by atoms with Crippen LogP contribution in [0, 0.1) is 6.92 Å². The molecule has 10 heteroatoms. The van der Waals surface area contributed by atoms with Crippen LogP contribution in [0.15, 0.2) is 23.2 Å². The Morgan fingerprint density at radius 3 is 2.48 bits per heavy atom. The highest BCUT2D eigenvalue weighted by Gasteiger charge is 2.28. The van der Waals surface area contributed by atoms with Crippen molar-refractivity contribution < 1.29 is 22.7 Å². The lowest BCUT2D eigenvalue weighted by Gasteiger charge is -2.14. The second-order valence-corrected chi connectivity index (χ2v) is 6.24. The molecular weight excluding hydrogens is 500 g/mol. The van der Waals surface area contributed by atoms with Crippen LogP contribution in [0.2, 0.25) is 0 Å². The lowest BCUT2D eigenvalue weighted by atomic mass is 10.1. The molecule has 3 N–H and O–H groups in total. The number of aliphatic imine (C=N–C) groups is 1. The molecule has 0 saturated heterocycles. The van der Waals surface area contributed by atoms with Gasteiger partial charge in [-0.25, -0.2) is 4.99 Å². The van der Waals surface area contributed by atoms with Gasteiger partial charge in [-0.1, -0.05) is 19.1 Å². The molecule has 0 heterocycles. The van der Waals surface area contributed by atoms with E-state index in [9.17, 15) is 18.0 Å². The Labute approximate surface area is 187 Å². The Morgan fingerprint density at radius 2 is 1.86 bits per heavy atom. The number of halogens is 4. The third-order valence-corrected chi connectivity index (χ3v) is 3.58. The fraction of sp³-hybridized carbons (Fsp3) is 0.579. The van der Waals surface area contributed by atoms with Gasteiger partial charge >= 0.3 is 6.18 Å². The van der Waals surface area contributed by atoms with Gasteiger partial charge in [-0.2, -0.15) is 13.2 Å². The number of alkyl halides is 3. The molecule has 1 amide bonds. The second kappa shape index (κ2) is 14.3. The van der Waals surface area contributed by atoms with E-state index in [2.05, 4.69) is 20.9 Å². The first-order valence-corrected chi connectivity index (χ1v) is 9.33. The molecule has 0 bridgehead atoms. The van der Waals surface area contributed by atoms with Crippen LogP contribution in [0.5, 0.6) is 5.75 Å². The summed E-state index contributed by atoms with van der Waals surface area (Å²) >= 11 is 0. The average molecular weight is 530 g/mol. The van der Waals surface area contributed by atoms with Crippen molar-refractivity contribution in [1.82, 2.24) is 16.0 Å². The standard InChI is InChI=1S/C19H29F3N4O2.HI/c1-4-9-24-17(27)8-10-25-18(23-5-2)26-12-15-7-6-14(3)11-16(15)28-13-19(20,21)22;/h6-7,11H,4-5,8-10,12-13H2,1-3H3,(H,24,27)(H2,23,25,26);1H. The summed E-state index contributed by atoms with van der Waals surface area (Å²) in [5.41, 5.74) is 1.35. The summed E-state index contributed by atoms with van der Waals surface area (Å²) in [5.74, 6) is 0.593. The van der Waals surface area contributed by atoms with Crippen LogP contribution in [-0.4, -0.2) is 44.3 Å². The topological polar surface area (TPSA) is 74.8 Å². The SMILES string of the molecule is CCCNC(=O)CCNC(=NCc1ccc(C)cc1OCC(F)(F)F)NCC.I. The molecule has 1 aromatic rings. The number of carbonyl (C=O) groups excluding carboxylic acids is 1. The number of aryl methyl sites for hydroxylation is 1. The molecule has 0 spiro atoms. The Balaban J connectivity index is 0.00000784. The molecule has 0 aliphatic rings. The number of benzene rings is 1. The minimum Gasteiger partial charge on any atom is -0.484 e. The van der Waals surface area contributed by atoms with Crippen LogP contribution >= 0.6 is 24.0 Å². The number of ether oxygens (including phenoxy) is 1. The van der Waals surface area contributed by atoms with Crippen molar-refractivity contribution in [3.63, 3.8) is 0 Å². The van der Waals surface area contributed by atoms with Crippen molar-refractivity contribution in [1.29, 1.82) is 0 Å². The Hall–Kier alpha value is -1.72. The van der Waals surface area contributed by atoms with E-state index in [1.54, 1.807) is 25.1 Å². The second-order valence-electron chi connectivity index (χ2n) is 6.24. The number of nitrogens with one attached hydrogen (secondary N) is 3. The lowest BCUT2D eigenvalue weighted by molar-refractivity contribution is -0.153. The summed E-state index contributed by atoms with van der Waals surface area (Å²) in [6.07, 6.45) is -3.23. The van der Waals surface area contributed by atoms with E-state index in [0.29, 0.717) is 37.6 Å². The van der Waals surface area contributed by atoms with E-state index in [-0.39, 0.29) is 42.2 Å². The Kier molecular flexibility index (Phi) is 13.4. The smallest absolute Gasteiger partial charge is 0.422 e. The Bertz CT molecular complexity index is 655. The molecule has 0 saturated carbocycles. The van der Waals surface area contributed by atoms with E-state index in [1.165, 1.54) is 0 Å². The van der Waals surface area contributed by atoms with Crippen molar-refractivity contribution in [2.45, 2.75) is 46.3 Å². The molecule has 29 heavy (non-hydrogen) atoms. The number of nitrogens with zero attached hydrogens (tertiary/aromatic N) is 1. The number of hydrogen-bond donors (Lipinski definition) is 3. The Morgan fingerprint density at radius 1 is 1.14 bits per heavy atom. The molecule has 0 aliphatic carbocycles. The molecule has 0 fully saturated rings. The average Bonchev–Trinajstić information content (AvgIpc) is 2.63. The van der Waals surface area contributed by atoms with Gasteiger partial charge in [-0.05, 0) is 31.9 Å². The van der Waals surface area contributed by atoms with E-state index in [0.717, 1.165) is 12.0 Å². The fourth-order valence-corrected chi connectivity index (χ4v) is 2.24. The predicted octanol–water partition coefficient (Wildman–Crippen LogP) is 3.53. The van der Waals surface area contributed by atoms with Gasteiger partial charge in [0.05, 0.1) is 6.54 Å². The zero-order valence-corrected chi connectivity index (χ0v) is 19.3. The third kappa shape index (κ3) is 12.4. The van der Waals surface area contributed by atoms with Crippen molar-refractivity contribution in [2.75, 3.05) is 26.2 Å². The van der Waals surface area contributed by atoms with E-state index in [4.69, 9.17) is 4.74 Å². The van der Waals surface area contributed by atoms with E-state index in [1.807, 2.05) is 13.8 Å². The summed E-state index contributed by atoms with van der Waals surface area (Å²) in [4.78, 5) is 16.0. The van der Waals surface area contributed by atoms with Gasteiger partial charge in [0.15, 0.2) is 12.6 Å². The van der Waals surface area contributed by atoms with Gasteiger partial charge in [0.25, 0.3) is 0 Å². The zero-order chi connectivity index (χ0) is 21.0. The van der Waals surface area contributed by atoms with Gasteiger partial charge in [0, 0.05) is 31.6 Å². The third-order valence-electron chi connectivity index (χ3n) is 3.58. The van der Waals surface area contributed by atoms with E-state index >= 15 is 0 Å². The number of guanidine groups is 1. The summed E-state index contributed by atoms with van der Waals surface area (Å²) in [7, 11) is 0. The maximum atomic E-state index is 12.5. The summed E-state index contributed by atoms with van der Waals surface area (Å²) < 4.78 is 42.3. The van der Waals surface area contributed by atoms with Gasteiger partial charge in [0.2, 0.25) is 5.91 Å². The molecular formula is C19H30F3IN4O2. The lowest BCUT2D eigenvalue weighted by Crippen LogP contribution is -2.39. The molecule has 0 radical (unpaired) electrons. The number of carbonyl (C=O) groups is 1. The summed E-state index contributed by atoms with van der Waals surface area (Å²) in [6, 6.07) is 5.06. The predicted molar refractivity (Wildman–Crippen MR) is 119 cm³/mol. The van der Waals surface area contributed by atoms with Crippen molar-refractivity contribution in [3.8, 4) is 5.75 Å². The summed E-state index contributed by atoms with van der Waals surface area (Å²) in [5, 5.41) is 8.87. The van der Waals surface area contributed by atoms with Gasteiger partial charge in [-0.3, -0.25) is 4.79 Å². The first-order valence-electron chi connectivity index (χ1n) is 9.33. The minimum atomic E-state index is -4.40. The maximum Gasteiger partial charge on any atom is 0.422 e. The molecule has 0 aliphatic heterocycles. The van der Waals surface area contributed by atoms with Gasteiger partial charge < -0.3 is 20.7 Å². The zero-order valence-electron chi connectivity index (χ0n) is 17.0. The van der Waals surface area contributed by atoms with E-state index < -0.39 is 12.8 Å². The minimum absolute atomic E-state index is 0. The molecule has 6 nitrogen and oxygen atoms in total. The van der Waals surface area contributed by atoms with Crippen LogP contribution < -0.4 is 20.7 Å². The number of amides is 1. The molecule has 0 atom stereocenters. The van der Waals surface area contributed by atoms with Crippen LogP contribution in [0.1, 0.15) is 37.8 Å². The van der Waals surface area contributed by atoms with Crippen LogP contribution in [0.25, 0.3) is 0 Å². The number of hydrogen-bond acceptors (Lipinski definition) is 3. The first kappa shape index (κ1) is 27.3. The maximum absolute atomic E-state index is 12.5. The highest BCUT2D eigenvalue weighted by molar-refractivity contribution is 14.0. The van der Waals surface area contributed by atoms with Crippen molar-refractivity contribution >= 4 is 35.8 Å². The number of rotatable bonds is 10. The van der Waals surface area contributed by atoms with Crippen LogP contribution in [0.4, 0.5) is 13.2 Å².